The molecule has 0 bridgehead atoms. The maximum Gasteiger partial charge on any atom is 0.271 e. The molecule has 7 nitrogen and oxygen atoms in total. The summed E-state index contributed by atoms with van der Waals surface area (Å²) in [5, 5.41) is 3.51. The molecule has 0 saturated carbocycles. The van der Waals surface area contributed by atoms with E-state index in [0.717, 1.165) is 16.5 Å². The normalized spacial score (nSPS) is 10.5. The van der Waals surface area contributed by atoms with E-state index in [1.807, 2.05) is 54.9 Å². The molecule has 144 valence electrons. The van der Waals surface area contributed by atoms with Crippen LogP contribution in [0.2, 0.25) is 0 Å². The molecule has 3 aromatic rings. The molecule has 7 heteroatoms. The van der Waals surface area contributed by atoms with Gasteiger partial charge in [0.2, 0.25) is 5.91 Å². The number of aromatic nitrogens is 1. The summed E-state index contributed by atoms with van der Waals surface area (Å²) < 4.78 is 1.85. The van der Waals surface area contributed by atoms with Crippen LogP contribution in [-0.4, -0.2) is 28.8 Å². The highest BCUT2D eigenvalue weighted by molar-refractivity contribution is 6.07. The molecule has 0 aliphatic rings. The number of para-hydroxylation sites is 1. The summed E-state index contributed by atoms with van der Waals surface area (Å²) in [6, 6.07) is 14.8. The maximum atomic E-state index is 12.4. The van der Waals surface area contributed by atoms with Gasteiger partial charge in [-0.25, -0.2) is 0 Å². The second-order valence-electron chi connectivity index (χ2n) is 6.49. The molecule has 0 spiro atoms. The Morgan fingerprint density at radius 3 is 2.39 bits per heavy atom. The second-order valence-corrected chi connectivity index (χ2v) is 6.49. The van der Waals surface area contributed by atoms with Crippen molar-refractivity contribution in [2.45, 2.75) is 13.3 Å². The number of hydrogen-bond acceptors (Lipinski definition) is 3. The molecular weight excluding hydrogens is 356 g/mol. The molecule has 3 N–H and O–H groups in total. The van der Waals surface area contributed by atoms with Crippen molar-refractivity contribution in [1.82, 2.24) is 20.7 Å². The van der Waals surface area contributed by atoms with Gasteiger partial charge >= 0.3 is 0 Å². The van der Waals surface area contributed by atoms with Gasteiger partial charge in [-0.1, -0.05) is 36.4 Å². The molecule has 3 rings (SSSR count). The molecular formula is C21H22N4O3. The standard InChI is InChI=1S/C21H22N4O3/c1-14-7-3-4-8-15(14)20(27)22-12-11-19(26)23-24-21(28)17-13-25(2)18-10-6-5-9-16(17)18/h3-10,13H,11-12H2,1-2H3,(H,22,27)(H,23,26)(H,24,28). The van der Waals surface area contributed by atoms with Crippen molar-refractivity contribution in [3.05, 3.63) is 71.4 Å². The van der Waals surface area contributed by atoms with Gasteiger partial charge in [-0.05, 0) is 24.6 Å². The number of rotatable bonds is 5. The largest absolute Gasteiger partial charge is 0.352 e. The van der Waals surface area contributed by atoms with Gasteiger partial charge in [0.05, 0.1) is 5.56 Å². The van der Waals surface area contributed by atoms with Crippen molar-refractivity contribution in [2.24, 2.45) is 7.05 Å². The van der Waals surface area contributed by atoms with Crippen LogP contribution in [-0.2, 0) is 11.8 Å². The van der Waals surface area contributed by atoms with Gasteiger partial charge in [0.15, 0.2) is 0 Å². The molecule has 0 aliphatic carbocycles. The van der Waals surface area contributed by atoms with Crippen LogP contribution in [0.1, 0.15) is 32.7 Å². The summed E-state index contributed by atoms with van der Waals surface area (Å²) in [4.78, 5) is 36.4. The summed E-state index contributed by atoms with van der Waals surface area (Å²) in [5.41, 5.74) is 7.65. The SMILES string of the molecule is Cc1ccccc1C(=O)NCCC(=O)NNC(=O)c1cn(C)c2ccccc12. The van der Waals surface area contributed by atoms with Crippen LogP contribution in [0.25, 0.3) is 10.9 Å². The predicted molar refractivity (Wildman–Crippen MR) is 107 cm³/mol. The number of carbonyl (C=O) groups is 3. The topological polar surface area (TPSA) is 92.2 Å². The van der Waals surface area contributed by atoms with Gasteiger partial charge in [-0.3, -0.25) is 25.2 Å². The Bertz CT molecular complexity index is 1040. The molecule has 1 aromatic heterocycles. The van der Waals surface area contributed by atoms with E-state index >= 15 is 0 Å². The zero-order valence-electron chi connectivity index (χ0n) is 15.8. The number of hydrogen-bond donors (Lipinski definition) is 3. The van der Waals surface area contributed by atoms with E-state index < -0.39 is 11.8 Å². The van der Waals surface area contributed by atoms with E-state index in [1.165, 1.54) is 0 Å². The lowest BCUT2D eigenvalue weighted by atomic mass is 10.1. The van der Waals surface area contributed by atoms with E-state index in [9.17, 15) is 14.4 Å². The van der Waals surface area contributed by atoms with Crippen LogP contribution < -0.4 is 16.2 Å². The first-order valence-electron chi connectivity index (χ1n) is 8.94. The summed E-state index contributed by atoms with van der Waals surface area (Å²) in [6.07, 6.45) is 1.77. The summed E-state index contributed by atoms with van der Waals surface area (Å²) in [6.45, 7) is 2.02. The fourth-order valence-corrected chi connectivity index (χ4v) is 2.99. The monoisotopic (exact) mass is 378 g/mol. The second kappa shape index (κ2) is 8.39. The molecule has 0 fully saturated rings. The lowest BCUT2D eigenvalue weighted by Crippen LogP contribution is -2.42. The third-order valence-corrected chi connectivity index (χ3v) is 4.48. The minimum absolute atomic E-state index is 0.0490. The van der Waals surface area contributed by atoms with Gasteiger partial charge in [-0.2, -0.15) is 0 Å². The van der Waals surface area contributed by atoms with Crippen molar-refractivity contribution >= 4 is 28.6 Å². The van der Waals surface area contributed by atoms with Gasteiger partial charge in [0, 0.05) is 42.7 Å². The van der Waals surface area contributed by atoms with Crippen LogP contribution in [0, 0.1) is 6.92 Å². The average molecular weight is 378 g/mol. The number of carbonyl (C=O) groups excluding carboxylic acids is 3. The highest BCUT2D eigenvalue weighted by atomic mass is 16.2. The Morgan fingerprint density at radius 1 is 0.893 bits per heavy atom. The first-order chi connectivity index (χ1) is 13.5. The van der Waals surface area contributed by atoms with Crippen molar-refractivity contribution in [2.75, 3.05) is 6.54 Å². The quantitative estimate of drug-likeness (QED) is 0.594. The summed E-state index contributed by atoms with van der Waals surface area (Å²) >= 11 is 0. The third kappa shape index (κ3) is 4.20. The Kier molecular flexibility index (Phi) is 5.74. The number of amides is 3. The lowest BCUT2D eigenvalue weighted by Gasteiger charge is -2.09. The van der Waals surface area contributed by atoms with Crippen molar-refractivity contribution < 1.29 is 14.4 Å². The average Bonchev–Trinajstić information content (AvgIpc) is 3.03. The van der Waals surface area contributed by atoms with E-state index in [0.29, 0.717) is 11.1 Å². The molecule has 0 unspecified atom stereocenters. The van der Waals surface area contributed by atoms with E-state index in [2.05, 4.69) is 16.2 Å². The molecule has 0 radical (unpaired) electrons. The van der Waals surface area contributed by atoms with E-state index in [4.69, 9.17) is 0 Å². The zero-order valence-corrected chi connectivity index (χ0v) is 15.8. The number of nitrogens with one attached hydrogen (secondary N) is 3. The van der Waals surface area contributed by atoms with Crippen molar-refractivity contribution in [1.29, 1.82) is 0 Å². The Hall–Kier alpha value is -3.61. The lowest BCUT2D eigenvalue weighted by molar-refractivity contribution is -0.121. The molecule has 2 aromatic carbocycles. The van der Waals surface area contributed by atoms with Gasteiger partial charge in [0.1, 0.15) is 0 Å². The first-order valence-corrected chi connectivity index (χ1v) is 8.94. The minimum atomic E-state index is -0.394. The minimum Gasteiger partial charge on any atom is -0.352 e. The molecule has 0 atom stereocenters. The molecule has 1 heterocycles. The third-order valence-electron chi connectivity index (χ3n) is 4.48. The van der Waals surface area contributed by atoms with Crippen LogP contribution in [0.3, 0.4) is 0 Å². The fraction of sp³-hybridized carbons (Fsp3) is 0.190. The molecule has 28 heavy (non-hydrogen) atoms. The Labute approximate surface area is 162 Å². The Balaban J connectivity index is 1.48. The Morgan fingerprint density at radius 2 is 1.61 bits per heavy atom. The smallest absolute Gasteiger partial charge is 0.271 e. The summed E-state index contributed by atoms with van der Waals surface area (Å²) in [7, 11) is 1.86. The maximum absolute atomic E-state index is 12.4. The van der Waals surface area contributed by atoms with Gasteiger partial charge in [-0.15, -0.1) is 0 Å². The number of hydrazine groups is 1. The molecule has 0 aliphatic heterocycles. The number of benzene rings is 2. The molecule has 3 amide bonds. The zero-order chi connectivity index (χ0) is 20.1. The van der Waals surface area contributed by atoms with Crippen molar-refractivity contribution in [3.63, 3.8) is 0 Å². The van der Waals surface area contributed by atoms with Crippen LogP contribution in [0.15, 0.2) is 54.7 Å². The highest BCUT2D eigenvalue weighted by Gasteiger charge is 2.14. The predicted octanol–water partition coefficient (Wildman–Crippen LogP) is 2.07. The van der Waals surface area contributed by atoms with Crippen LogP contribution >= 0.6 is 0 Å². The van der Waals surface area contributed by atoms with Crippen molar-refractivity contribution in [3.8, 4) is 0 Å². The first kappa shape index (κ1) is 19.2. The van der Waals surface area contributed by atoms with E-state index in [-0.39, 0.29) is 18.9 Å². The van der Waals surface area contributed by atoms with Gasteiger partial charge < -0.3 is 9.88 Å². The van der Waals surface area contributed by atoms with Crippen LogP contribution in [0.4, 0.5) is 0 Å². The van der Waals surface area contributed by atoms with Gasteiger partial charge in [0.25, 0.3) is 11.8 Å². The fourth-order valence-electron chi connectivity index (χ4n) is 2.99. The summed E-state index contributed by atoms with van der Waals surface area (Å²) in [5.74, 6) is -1.02. The number of aryl methyl sites for hydroxylation is 2. The molecule has 0 saturated heterocycles. The van der Waals surface area contributed by atoms with E-state index in [1.54, 1.807) is 18.3 Å². The van der Waals surface area contributed by atoms with Crippen LogP contribution in [0.5, 0.6) is 0 Å². The number of nitrogens with zero attached hydrogens (tertiary/aromatic N) is 1. The number of fused-ring (bicyclic) bond motifs is 1. The highest BCUT2D eigenvalue weighted by Crippen LogP contribution is 2.19.